The molecule has 0 aromatic heterocycles. The Morgan fingerprint density at radius 2 is 2.00 bits per heavy atom. The fourth-order valence-corrected chi connectivity index (χ4v) is 1.15. The average molecular weight is 140 g/mol. The van der Waals surface area contributed by atoms with E-state index in [0.717, 1.165) is 6.42 Å². The van der Waals surface area contributed by atoms with Crippen molar-refractivity contribution in [3.8, 4) is 0 Å². The summed E-state index contributed by atoms with van der Waals surface area (Å²) in [5.74, 6) is 0.875. The van der Waals surface area contributed by atoms with Gasteiger partial charge in [-0.2, -0.15) is 0 Å². The summed E-state index contributed by atoms with van der Waals surface area (Å²) in [6, 6.07) is 0. The molecule has 0 bridgehead atoms. The van der Waals surface area contributed by atoms with Crippen LogP contribution >= 0.6 is 0 Å². The van der Waals surface area contributed by atoms with E-state index < -0.39 is 0 Å². The minimum atomic E-state index is -0.0101. The van der Waals surface area contributed by atoms with Crippen molar-refractivity contribution >= 4 is 11.6 Å². The van der Waals surface area contributed by atoms with Crippen molar-refractivity contribution < 1.29 is 9.59 Å². The Labute approximate surface area is 60.6 Å². The van der Waals surface area contributed by atoms with E-state index in [1.807, 2.05) is 6.92 Å². The van der Waals surface area contributed by atoms with Gasteiger partial charge in [-0.25, -0.2) is 0 Å². The molecule has 1 unspecified atom stereocenters. The Kier molecular flexibility index (Phi) is 1.88. The van der Waals surface area contributed by atoms with Crippen molar-refractivity contribution in [2.24, 2.45) is 11.8 Å². The van der Waals surface area contributed by atoms with Crippen LogP contribution in [-0.4, -0.2) is 11.6 Å². The molecule has 0 radical (unpaired) electrons. The van der Waals surface area contributed by atoms with E-state index in [0.29, 0.717) is 5.92 Å². The molecule has 2 nitrogen and oxygen atoms in total. The molecule has 0 aromatic rings. The third-order valence-corrected chi connectivity index (χ3v) is 1.95. The Morgan fingerprint density at radius 3 is 2.30 bits per heavy atom. The van der Waals surface area contributed by atoms with Gasteiger partial charge in [-0.15, -0.1) is 0 Å². The molecule has 0 amide bonds. The zero-order valence-electron chi connectivity index (χ0n) is 6.39. The maximum absolute atomic E-state index is 11.0. The molecule has 0 heterocycles. The first kappa shape index (κ1) is 7.45. The monoisotopic (exact) mass is 140 g/mol. The van der Waals surface area contributed by atoms with Gasteiger partial charge in [0.1, 0.15) is 11.6 Å². The highest BCUT2D eigenvalue weighted by molar-refractivity contribution is 6.00. The van der Waals surface area contributed by atoms with E-state index in [-0.39, 0.29) is 23.9 Å². The van der Waals surface area contributed by atoms with Gasteiger partial charge in [0.15, 0.2) is 0 Å². The van der Waals surface area contributed by atoms with E-state index in [1.54, 1.807) is 0 Å². The van der Waals surface area contributed by atoms with Gasteiger partial charge in [0.05, 0.1) is 6.42 Å². The van der Waals surface area contributed by atoms with Crippen LogP contribution < -0.4 is 0 Å². The average Bonchev–Trinajstić information content (AvgIpc) is 2.44. The minimum absolute atomic E-state index is 0.0101. The molecule has 2 heteroatoms. The minimum Gasteiger partial charge on any atom is -0.300 e. The summed E-state index contributed by atoms with van der Waals surface area (Å²) >= 11 is 0. The summed E-state index contributed by atoms with van der Waals surface area (Å²) in [6.45, 7) is 3.51. The molecule has 0 aliphatic heterocycles. The number of carbonyl (C=O) groups excluding carboxylic acids is 2. The molecule has 1 rings (SSSR count). The molecule has 2 atom stereocenters. The molecule has 0 N–H and O–H groups in total. The predicted molar refractivity (Wildman–Crippen MR) is 37.6 cm³/mol. The first-order chi connectivity index (χ1) is 4.61. The Morgan fingerprint density at radius 1 is 1.50 bits per heavy atom. The predicted octanol–water partition coefficient (Wildman–Crippen LogP) is 1.19. The first-order valence-electron chi connectivity index (χ1n) is 3.63. The summed E-state index contributed by atoms with van der Waals surface area (Å²) in [4.78, 5) is 21.5. The zero-order chi connectivity index (χ0) is 7.72. The van der Waals surface area contributed by atoms with E-state index in [9.17, 15) is 9.59 Å². The van der Waals surface area contributed by atoms with Crippen molar-refractivity contribution in [1.82, 2.24) is 0 Å². The largest absolute Gasteiger partial charge is 0.300 e. The second-order valence-electron chi connectivity index (χ2n) is 3.16. The molecule has 0 spiro atoms. The standard InChI is InChI=1S/C8H12O2/c1-5-3-7(5)8(10)4-6(2)9/h5,7H,3-4H2,1-2H3/t5-,7?/m1/s1. The van der Waals surface area contributed by atoms with Crippen molar-refractivity contribution in [2.45, 2.75) is 26.7 Å². The number of hydrogen-bond donors (Lipinski definition) is 0. The van der Waals surface area contributed by atoms with Crippen LogP contribution in [0.3, 0.4) is 0 Å². The topological polar surface area (TPSA) is 34.1 Å². The molecule has 10 heavy (non-hydrogen) atoms. The lowest BCUT2D eigenvalue weighted by Gasteiger charge is -1.91. The third-order valence-electron chi connectivity index (χ3n) is 1.95. The molecule has 1 aliphatic carbocycles. The normalized spacial score (nSPS) is 29.8. The lowest BCUT2D eigenvalue weighted by molar-refractivity contribution is -0.126. The van der Waals surface area contributed by atoms with Gasteiger partial charge in [0.25, 0.3) is 0 Å². The summed E-state index contributed by atoms with van der Waals surface area (Å²) < 4.78 is 0. The number of carbonyl (C=O) groups is 2. The Balaban J connectivity index is 2.30. The Hall–Kier alpha value is -0.660. The molecule has 1 saturated carbocycles. The van der Waals surface area contributed by atoms with Gasteiger partial charge < -0.3 is 0 Å². The number of rotatable bonds is 3. The number of ketones is 2. The number of Topliss-reactive ketones (excluding diaryl/α,β-unsaturated/α-hetero) is 2. The summed E-state index contributed by atoms with van der Waals surface area (Å²) in [6.07, 6.45) is 1.14. The van der Waals surface area contributed by atoms with E-state index in [2.05, 4.69) is 0 Å². The molecule has 1 fully saturated rings. The fraction of sp³-hybridized carbons (Fsp3) is 0.750. The van der Waals surface area contributed by atoms with Crippen LogP contribution in [0, 0.1) is 11.8 Å². The van der Waals surface area contributed by atoms with E-state index >= 15 is 0 Å². The maximum Gasteiger partial charge on any atom is 0.143 e. The lowest BCUT2D eigenvalue weighted by atomic mass is 10.1. The third kappa shape index (κ3) is 1.66. The van der Waals surface area contributed by atoms with Crippen molar-refractivity contribution in [2.75, 3.05) is 0 Å². The molecular weight excluding hydrogens is 128 g/mol. The second kappa shape index (κ2) is 2.52. The van der Waals surface area contributed by atoms with Crippen LogP contribution in [0.25, 0.3) is 0 Å². The maximum atomic E-state index is 11.0. The Bertz CT molecular complexity index is 172. The second-order valence-corrected chi connectivity index (χ2v) is 3.16. The van der Waals surface area contributed by atoms with E-state index in [1.165, 1.54) is 6.92 Å². The highest BCUT2D eigenvalue weighted by Gasteiger charge is 2.38. The van der Waals surface area contributed by atoms with Crippen LogP contribution in [0.5, 0.6) is 0 Å². The SMILES string of the molecule is CC(=O)CC(=O)C1C[C@H]1C. The highest BCUT2D eigenvalue weighted by Crippen LogP contribution is 2.39. The van der Waals surface area contributed by atoms with Crippen LogP contribution in [0.1, 0.15) is 26.7 Å². The van der Waals surface area contributed by atoms with Gasteiger partial charge >= 0.3 is 0 Å². The number of hydrogen-bond acceptors (Lipinski definition) is 2. The van der Waals surface area contributed by atoms with Crippen molar-refractivity contribution in [3.05, 3.63) is 0 Å². The van der Waals surface area contributed by atoms with Crippen molar-refractivity contribution in [1.29, 1.82) is 0 Å². The quantitative estimate of drug-likeness (QED) is 0.552. The van der Waals surface area contributed by atoms with Crippen LogP contribution in [0.4, 0.5) is 0 Å². The van der Waals surface area contributed by atoms with Gasteiger partial charge in [-0.3, -0.25) is 9.59 Å². The molecule has 56 valence electrons. The fourth-order valence-electron chi connectivity index (χ4n) is 1.15. The van der Waals surface area contributed by atoms with Crippen molar-refractivity contribution in [3.63, 3.8) is 0 Å². The molecule has 0 saturated heterocycles. The van der Waals surface area contributed by atoms with Crippen LogP contribution in [-0.2, 0) is 9.59 Å². The molecule has 0 aromatic carbocycles. The molecular formula is C8H12O2. The van der Waals surface area contributed by atoms with Crippen LogP contribution in [0.15, 0.2) is 0 Å². The van der Waals surface area contributed by atoms with Gasteiger partial charge in [0.2, 0.25) is 0 Å². The summed E-state index contributed by atoms with van der Waals surface area (Å²) in [7, 11) is 0. The van der Waals surface area contributed by atoms with Gasteiger partial charge in [-0.05, 0) is 19.3 Å². The summed E-state index contributed by atoms with van der Waals surface area (Å²) in [5.41, 5.74) is 0. The van der Waals surface area contributed by atoms with Crippen LogP contribution in [0.2, 0.25) is 0 Å². The highest BCUT2D eigenvalue weighted by atomic mass is 16.1. The van der Waals surface area contributed by atoms with E-state index in [4.69, 9.17) is 0 Å². The zero-order valence-corrected chi connectivity index (χ0v) is 6.39. The lowest BCUT2D eigenvalue weighted by Crippen LogP contribution is -2.06. The van der Waals surface area contributed by atoms with Gasteiger partial charge in [-0.1, -0.05) is 6.92 Å². The molecule has 1 aliphatic rings. The van der Waals surface area contributed by atoms with Gasteiger partial charge in [0, 0.05) is 5.92 Å². The first-order valence-corrected chi connectivity index (χ1v) is 3.63. The smallest absolute Gasteiger partial charge is 0.143 e. The summed E-state index contributed by atoms with van der Waals surface area (Å²) in [5, 5.41) is 0.